The normalized spacial score (nSPS) is 17.9. The molecule has 50 valence electrons. The summed E-state index contributed by atoms with van der Waals surface area (Å²) in [6, 6.07) is 0. The van der Waals surface area contributed by atoms with Gasteiger partial charge in [-0.25, -0.2) is 4.39 Å². The van der Waals surface area contributed by atoms with E-state index in [2.05, 4.69) is 0 Å². The summed E-state index contributed by atoms with van der Waals surface area (Å²) in [4.78, 5) is -1.32. The zero-order valence-electron chi connectivity index (χ0n) is 3.77. The van der Waals surface area contributed by atoms with Crippen molar-refractivity contribution in [1.82, 2.24) is 5.32 Å². The lowest BCUT2D eigenvalue weighted by Gasteiger charge is -2.10. The van der Waals surface area contributed by atoms with E-state index in [4.69, 9.17) is 11.6 Å². The average molecular weight is 161 g/mol. The summed E-state index contributed by atoms with van der Waals surface area (Å²) in [5, 5.41) is 1.83. The standard InChI is InChI=1S/C2H5ClFNO2S/c3-2(5-1-4)8(6)7/h2,5H,1H2,(H,6,7)/p-1. The van der Waals surface area contributed by atoms with Gasteiger partial charge in [0, 0.05) is 0 Å². The van der Waals surface area contributed by atoms with Crippen LogP contribution in [0.1, 0.15) is 0 Å². The van der Waals surface area contributed by atoms with Gasteiger partial charge in [-0.15, -0.1) is 0 Å². The van der Waals surface area contributed by atoms with E-state index < -0.39 is 22.7 Å². The molecule has 8 heavy (non-hydrogen) atoms. The highest BCUT2D eigenvalue weighted by Crippen LogP contribution is 1.92. The van der Waals surface area contributed by atoms with Crippen LogP contribution in [-0.2, 0) is 11.1 Å². The molecule has 3 nitrogen and oxygen atoms in total. The molecular weight excluding hydrogens is 157 g/mol. The van der Waals surface area contributed by atoms with Crippen molar-refractivity contribution in [3.63, 3.8) is 0 Å². The molecule has 0 aliphatic rings. The fraction of sp³-hybridized carbons (Fsp3) is 1.00. The van der Waals surface area contributed by atoms with Crippen molar-refractivity contribution in [2.45, 2.75) is 4.83 Å². The third kappa shape index (κ3) is 3.31. The number of hydrogen-bond donors (Lipinski definition) is 1. The van der Waals surface area contributed by atoms with E-state index in [0.29, 0.717) is 0 Å². The second-order valence-corrected chi connectivity index (χ2v) is 2.60. The van der Waals surface area contributed by atoms with Gasteiger partial charge in [-0.1, -0.05) is 11.6 Å². The summed E-state index contributed by atoms with van der Waals surface area (Å²) in [7, 11) is 0. The summed E-state index contributed by atoms with van der Waals surface area (Å²) < 4.78 is 30.6. The molecule has 0 aliphatic heterocycles. The highest BCUT2D eigenvalue weighted by molar-refractivity contribution is 7.81. The zero-order chi connectivity index (χ0) is 6.57. The molecule has 0 saturated heterocycles. The first-order chi connectivity index (χ1) is 3.68. The van der Waals surface area contributed by atoms with Crippen LogP contribution < -0.4 is 5.32 Å². The van der Waals surface area contributed by atoms with Crippen LogP contribution in [0.2, 0.25) is 0 Å². The first-order valence-electron chi connectivity index (χ1n) is 1.70. The Hall–Kier alpha value is 0.290. The van der Waals surface area contributed by atoms with Crippen molar-refractivity contribution >= 4 is 22.7 Å². The van der Waals surface area contributed by atoms with Gasteiger partial charge in [0.05, 0.1) is 0 Å². The molecule has 0 heterocycles. The van der Waals surface area contributed by atoms with Crippen LogP contribution in [0.3, 0.4) is 0 Å². The molecule has 0 aromatic heterocycles. The van der Waals surface area contributed by atoms with Gasteiger partial charge in [0.2, 0.25) is 0 Å². The van der Waals surface area contributed by atoms with Gasteiger partial charge in [0.1, 0.15) is 11.6 Å². The van der Waals surface area contributed by atoms with Gasteiger partial charge < -0.3 is 4.55 Å². The minimum Gasteiger partial charge on any atom is -0.770 e. The lowest BCUT2D eigenvalue weighted by molar-refractivity contribution is 0.428. The molecule has 0 bridgehead atoms. The molecule has 0 radical (unpaired) electrons. The third-order valence-corrected chi connectivity index (χ3v) is 1.50. The number of rotatable bonds is 3. The molecule has 2 unspecified atom stereocenters. The Kier molecular flexibility index (Phi) is 4.35. The maximum absolute atomic E-state index is 11.1. The quantitative estimate of drug-likeness (QED) is 0.357. The summed E-state index contributed by atoms with van der Waals surface area (Å²) in [5.74, 6) is 0. The molecule has 0 amide bonds. The number of halogens is 2. The molecule has 0 aromatic carbocycles. The second kappa shape index (κ2) is 4.20. The predicted octanol–water partition coefficient (Wildman–Crippen LogP) is -0.0955. The molecule has 0 aromatic rings. The Morgan fingerprint density at radius 2 is 2.50 bits per heavy atom. The van der Waals surface area contributed by atoms with Crippen molar-refractivity contribution in [2.24, 2.45) is 0 Å². The molecule has 0 saturated carbocycles. The number of alkyl halides is 2. The Morgan fingerprint density at radius 1 is 2.00 bits per heavy atom. The molecule has 0 spiro atoms. The van der Waals surface area contributed by atoms with Crippen molar-refractivity contribution in [1.29, 1.82) is 0 Å². The van der Waals surface area contributed by atoms with Crippen LogP contribution in [0.15, 0.2) is 0 Å². The van der Waals surface area contributed by atoms with Crippen molar-refractivity contribution in [2.75, 3.05) is 6.80 Å². The molecule has 0 aliphatic carbocycles. The fourth-order valence-electron chi connectivity index (χ4n) is 0.129. The van der Waals surface area contributed by atoms with Crippen LogP contribution in [0, 0.1) is 0 Å². The van der Waals surface area contributed by atoms with Gasteiger partial charge in [0.15, 0.2) is 0 Å². The third-order valence-electron chi connectivity index (χ3n) is 0.407. The molecule has 0 fully saturated rings. The molecule has 1 N–H and O–H groups in total. The molecular formula is C2H4ClFNO2S-. The van der Waals surface area contributed by atoms with E-state index in [1.165, 1.54) is 0 Å². The largest absolute Gasteiger partial charge is 0.770 e. The molecule has 0 rings (SSSR count). The Bertz CT molecular complexity index is 92.1. The van der Waals surface area contributed by atoms with E-state index in [1.807, 2.05) is 5.32 Å². The van der Waals surface area contributed by atoms with E-state index in [9.17, 15) is 13.2 Å². The van der Waals surface area contributed by atoms with Gasteiger partial charge >= 0.3 is 0 Å². The lowest BCUT2D eigenvalue weighted by atomic mass is 11.2. The minimum absolute atomic E-state index is 0.942. The van der Waals surface area contributed by atoms with Gasteiger partial charge in [-0.05, 0) is 11.1 Å². The monoisotopic (exact) mass is 160 g/mol. The predicted molar refractivity (Wildman–Crippen MR) is 27.7 cm³/mol. The highest BCUT2D eigenvalue weighted by Gasteiger charge is 1.99. The van der Waals surface area contributed by atoms with Crippen LogP contribution in [0.4, 0.5) is 4.39 Å². The summed E-state index contributed by atoms with van der Waals surface area (Å²) in [5.41, 5.74) is 0. The SMILES string of the molecule is O=S([O-])C(Cl)NCF. The van der Waals surface area contributed by atoms with Gasteiger partial charge in [-0.2, -0.15) is 0 Å². The minimum atomic E-state index is -2.45. The summed E-state index contributed by atoms with van der Waals surface area (Å²) >= 11 is 2.51. The topological polar surface area (TPSA) is 52.2 Å². The maximum atomic E-state index is 11.1. The summed E-state index contributed by atoms with van der Waals surface area (Å²) in [6.45, 7) is -0.942. The maximum Gasteiger partial charge on any atom is 0.147 e. The van der Waals surface area contributed by atoms with Crippen LogP contribution in [0.25, 0.3) is 0 Å². The smallest absolute Gasteiger partial charge is 0.147 e. The van der Waals surface area contributed by atoms with Crippen molar-refractivity contribution < 1.29 is 13.2 Å². The Balaban J connectivity index is 3.32. The first kappa shape index (κ1) is 8.29. The van der Waals surface area contributed by atoms with Crippen LogP contribution in [-0.4, -0.2) is 20.4 Å². The van der Waals surface area contributed by atoms with E-state index in [-0.39, 0.29) is 0 Å². The fourth-order valence-corrected chi connectivity index (χ4v) is 0.386. The van der Waals surface area contributed by atoms with Crippen molar-refractivity contribution in [3.8, 4) is 0 Å². The lowest BCUT2D eigenvalue weighted by Crippen LogP contribution is -2.26. The Morgan fingerprint density at radius 3 is 2.62 bits per heavy atom. The average Bonchev–Trinajstić information content (AvgIpc) is 1.67. The number of nitrogens with one attached hydrogen (secondary N) is 1. The first-order valence-corrected chi connectivity index (χ1v) is 3.27. The van der Waals surface area contributed by atoms with Gasteiger partial charge in [-0.3, -0.25) is 9.53 Å². The van der Waals surface area contributed by atoms with Gasteiger partial charge in [0.25, 0.3) is 0 Å². The van der Waals surface area contributed by atoms with E-state index in [0.717, 1.165) is 0 Å². The van der Waals surface area contributed by atoms with E-state index in [1.54, 1.807) is 0 Å². The summed E-state index contributed by atoms with van der Waals surface area (Å²) in [6.07, 6.45) is 0. The Labute approximate surface area is 53.5 Å². The van der Waals surface area contributed by atoms with E-state index >= 15 is 0 Å². The number of hydrogen-bond acceptors (Lipinski definition) is 3. The second-order valence-electron chi connectivity index (χ2n) is 0.914. The van der Waals surface area contributed by atoms with Crippen molar-refractivity contribution in [3.05, 3.63) is 0 Å². The van der Waals surface area contributed by atoms with Crippen LogP contribution in [0.5, 0.6) is 0 Å². The van der Waals surface area contributed by atoms with Crippen LogP contribution >= 0.6 is 11.6 Å². The molecule has 2 atom stereocenters. The zero-order valence-corrected chi connectivity index (χ0v) is 5.34. The highest BCUT2D eigenvalue weighted by atomic mass is 35.5. The molecule has 6 heteroatoms.